The highest BCUT2D eigenvalue weighted by Gasteiger charge is 2.19. The van der Waals surface area contributed by atoms with Crippen LogP contribution in [0.2, 0.25) is 0 Å². The van der Waals surface area contributed by atoms with Gasteiger partial charge in [0, 0.05) is 23.5 Å². The summed E-state index contributed by atoms with van der Waals surface area (Å²) >= 11 is 0. The van der Waals surface area contributed by atoms with Crippen molar-refractivity contribution in [2.45, 2.75) is 6.92 Å². The van der Waals surface area contributed by atoms with Crippen LogP contribution in [0, 0.1) is 6.92 Å². The van der Waals surface area contributed by atoms with Gasteiger partial charge in [0.05, 0.1) is 23.9 Å². The Bertz CT molecular complexity index is 1030. The maximum absolute atomic E-state index is 12.6. The number of pyridine rings is 2. The van der Waals surface area contributed by atoms with E-state index in [2.05, 4.69) is 15.1 Å². The molecule has 6 heteroatoms. The van der Waals surface area contributed by atoms with Crippen molar-refractivity contribution in [3.05, 3.63) is 58.8 Å². The average molecular weight is 306 g/mol. The lowest BCUT2D eigenvalue weighted by molar-refractivity contribution is 0.414. The molecule has 2 aliphatic heterocycles. The van der Waals surface area contributed by atoms with Crippen LogP contribution in [0.1, 0.15) is 5.69 Å². The van der Waals surface area contributed by atoms with Gasteiger partial charge in [-0.25, -0.2) is 0 Å². The number of hydrogen-bond donors (Lipinski definition) is 1. The molecule has 0 spiro atoms. The third-order valence-electron chi connectivity index (χ3n) is 3.86. The number of aryl methyl sites for hydroxylation is 1. The van der Waals surface area contributed by atoms with E-state index >= 15 is 0 Å². The van der Waals surface area contributed by atoms with Crippen LogP contribution in [0.15, 0.2) is 47.5 Å². The van der Waals surface area contributed by atoms with E-state index in [0.717, 1.165) is 22.3 Å². The van der Waals surface area contributed by atoms with Crippen LogP contribution < -0.4 is 10.3 Å². The Morgan fingerprint density at radius 1 is 1.22 bits per heavy atom. The molecule has 2 aromatic rings. The van der Waals surface area contributed by atoms with Gasteiger partial charge in [-0.05, 0) is 37.3 Å². The third kappa shape index (κ3) is 2.07. The van der Waals surface area contributed by atoms with Crippen LogP contribution in [-0.4, -0.2) is 26.9 Å². The largest absolute Gasteiger partial charge is 0.497 e. The molecule has 0 bridgehead atoms. The molecule has 4 rings (SSSR count). The lowest BCUT2D eigenvalue weighted by atomic mass is 10.1. The molecule has 0 amide bonds. The van der Waals surface area contributed by atoms with Crippen molar-refractivity contribution in [1.82, 2.24) is 19.7 Å². The van der Waals surface area contributed by atoms with Gasteiger partial charge in [-0.1, -0.05) is 0 Å². The number of nitrogens with zero attached hydrogens (tertiary/aromatic N) is 3. The number of H-pyrrole nitrogens is 1. The van der Waals surface area contributed by atoms with Crippen molar-refractivity contribution in [2.75, 3.05) is 7.11 Å². The number of benzene rings is 1. The predicted molar refractivity (Wildman–Crippen MR) is 87.4 cm³/mol. The Hall–Kier alpha value is -3.15. The van der Waals surface area contributed by atoms with E-state index in [1.54, 1.807) is 43.8 Å². The van der Waals surface area contributed by atoms with E-state index < -0.39 is 0 Å². The van der Waals surface area contributed by atoms with E-state index in [1.807, 2.05) is 13.0 Å². The highest BCUT2D eigenvalue weighted by atomic mass is 16.5. The van der Waals surface area contributed by atoms with Gasteiger partial charge in [-0.2, -0.15) is 9.78 Å². The Morgan fingerprint density at radius 2 is 2.00 bits per heavy atom. The van der Waals surface area contributed by atoms with Gasteiger partial charge in [-0.3, -0.25) is 9.78 Å². The minimum absolute atomic E-state index is 0.163. The highest BCUT2D eigenvalue weighted by molar-refractivity contribution is 5.92. The smallest absolute Gasteiger partial charge is 0.282 e. The number of fused-ring (bicyclic) bond motifs is 3. The molecule has 2 aliphatic rings. The number of ether oxygens (including phenoxy) is 1. The molecule has 1 aromatic heterocycles. The van der Waals surface area contributed by atoms with Crippen LogP contribution in [0.4, 0.5) is 0 Å². The molecule has 0 fully saturated rings. The highest BCUT2D eigenvalue weighted by Crippen LogP contribution is 2.26. The normalized spacial score (nSPS) is 11.2. The predicted octanol–water partition coefficient (Wildman–Crippen LogP) is 2.53. The topological polar surface area (TPSA) is 72.8 Å². The fourth-order valence-electron chi connectivity index (χ4n) is 2.66. The van der Waals surface area contributed by atoms with Gasteiger partial charge < -0.3 is 9.72 Å². The summed E-state index contributed by atoms with van der Waals surface area (Å²) in [4.78, 5) is 20.1. The van der Waals surface area contributed by atoms with Crippen molar-refractivity contribution in [3.63, 3.8) is 0 Å². The molecule has 6 nitrogen and oxygen atoms in total. The van der Waals surface area contributed by atoms with Crippen molar-refractivity contribution >= 4 is 10.9 Å². The zero-order valence-corrected chi connectivity index (χ0v) is 12.7. The van der Waals surface area contributed by atoms with Crippen LogP contribution in [-0.2, 0) is 0 Å². The van der Waals surface area contributed by atoms with Gasteiger partial charge in [0.25, 0.3) is 5.56 Å². The molecule has 3 heterocycles. The quantitative estimate of drug-likeness (QED) is 0.617. The molecule has 114 valence electrons. The number of nitrogens with one attached hydrogen (secondary N) is 1. The molecule has 23 heavy (non-hydrogen) atoms. The van der Waals surface area contributed by atoms with Crippen LogP contribution in [0.3, 0.4) is 0 Å². The van der Waals surface area contributed by atoms with Crippen molar-refractivity contribution in [3.8, 4) is 22.7 Å². The molecule has 0 radical (unpaired) electrons. The number of hydrogen-bond acceptors (Lipinski definition) is 4. The van der Waals surface area contributed by atoms with Gasteiger partial charge >= 0.3 is 0 Å². The fraction of sp³-hybridized carbons (Fsp3) is 0.118. The standard InChI is InChI=1S/C17H14N4O2/c1-10-7-15-13(8-18-10)16-14(9-19-15)17(22)21(20-16)11-3-5-12(23-2)6-4-11/h3-9,19H,1-2H3. The van der Waals surface area contributed by atoms with Gasteiger partial charge in [0.1, 0.15) is 11.4 Å². The number of aromatic amines is 1. The molecular formula is C17H14N4O2. The SMILES string of the molecule is COc1ccc(-n2nc3c4cnc(C)cc4[nH]cc-3c2=O)cc1. The first-order valence-electron chi connectivity index (χ1n) is 7.18. The van der Waals surface area contributed by atoms with Crippen LogP contribution in [0.25, 0.3) is 27.8 Å². The summed E-state index contributed by atoms with van der Waals surface area (Å²) in [6.45, 7) is 1.92. The lowest BCUT2D eigenvalue weighted by Crippen LogP contribution is -2.14. The third-order valence-corrected chi connectivity index (χ3v) is 3.86. The second kappa shape index (κ2) is 4.95. The molecule has 0 unspecified atom stereocenters. The monoisotopic (exact) mass is 306 g/mol. The Morgan fingerprint density at radius 3 is 2.74 bits per heavy atom. The minimum Gasteiger partial charge on any atom is -0.497 e. The molecule has 0 saturated heterocycles. The van der Waals surface area contributed by atoms with E-state index in [0.29, 0.717) is 16.9 Å². The first-order chi connectivity index (χ1) is 11.2. The van der Waals surface area contributed by atoms with Crippen molar-refractivity contribution in [2.24, 2.45) is 0 Å². The molecule has 0 aliphatic carbocycles. The summed E-state index contributed by atoms with van der Waals surface area (Å²) in [6.07, 6.45) is 3.45. The zero-order chi connectivity index (χ0) is 16.0. The summed E-state index contributed by atoms with van der Waals surface area (Å²) in [5.74, 6) is 0.733. The van der Waals surface area contributed by atoms with E-state index in [4.69, 9.17) is 4.74 Å². The van der Waals surface area contributed by atoms with Crippen LogP contribution in [0.5, 0.6) is 5.75 Å². The molecule has 1 aromatic carbocycles. The summed E-state index contributed by atoms with van der Waals surface area (Å²) in [7, 11) is 1.60. The summed E-state index contributed by atoms with van der Waals surface area (Å²) in [5.41, 5.74) is 3.53. The molecular weight excluding hydrogens is 292 g/mol. The second-order valence-electron chi connectivity index (χ2n) is 5.34. The minimum atomic E-state index is -0.163. The zero-order valence-electron chi connectivity index (χ0n) is 12.7. The molecule has 1 N–H and O–H groups in total. The van der Waals surface area contributed by atoms with Gasteiger partial charge in [0.2, 0.25) is 0 Å². The van der Waals surface area contributed by atoms with Crippen molar-refractivity contribution < 1.29 is 4.74 Å². The summed E-state index contributed by atoms with van der Waals surface area (Å²) in [6, 6.07) is 9.15. The summed E-state index contributed by atoms with van der Waals surface area (Å²) < 4.78 is 6.54. The lowest BCUT2D eigenvalue weighted by Gasteiger charge is -2.03. The van der Waals surface area contributed by atoms with Crippen LogP contribution >= 0.6 is 0 Å². The number of methoxy groups -OCH3 is 1. The maximum atomic E-state index is 12.6. The van der Waals surface area contributed by atoms with Gasteiger partial charge in [-0.15, -0.1) is 0 Å². The number of aromatic nitrogens is 4. The average Bonchev–Trinajstić information content (AvgIpc) is 2.92. The first kappa shape index (κ1) is 13.5. The second-order valence-corrected chi connectivity index (χ2v) is 5.34. The van der Waals surface area contributed by atoms with E-state index in [1.165, 1.54) is 4.68 Å². The summed E-state index contributed by atoms with van der Waals surface area (Å²) in [5, 5.41) is 5.33. The molecule has 0 atom stereocenters. The maximum Gasteiger partial charge on any atom is 0.282 e. The van der Waals surface area contributed by atoms with Crippen molar-refractivity contribution in [1.29, 1.82) is 0 Å². The van der Waals surface area contributed by atoms with E-state index in [9.17, 15) is 4.79 Å². The first-order valence-corrected chi connectivity index (χ1v) is 7.18. The Labute approximate surface area is 131 Å². The fourth-order valence-corrected chi connectivity index (χ4v) is 2.66. The van der Waals surface area contributed by atoms with Gasteiger partial charge in [0.15, 0.2) is 0 Å². The molecule has 0 saturated carbocycles. The Kier molecular flexibility index (Phi) is 2.90. The Balaban J connectivity index is 1.97. The number of rotatable bonds is 2. The van der Waals surface area contributed by atoms with E-state index in [-0.39, 0.29) is 5.56 Å².